The van der Waals surface area contributed by atoms with Crippen LogP contribution in [0.5, 0.6) is 0 Å². The molecule has 10 heteroatoms. The molecule has 1 fully saturated rings. The fourth-order valence-electron chi connectivity index (χ4n) is 3.53. The molecule has 1 aromatic heterocycles. The maximum Gasteiger partial charge on any atom is 0.416 e. The number of nitrogens with zero attached hydrogens (tertiary/aromatic N) is 4. The lowest BCUT2D eigenvalue weighted by molar-refractivity contribution is -0.382. The van der Waals surface area contributed by atoms with E-state index in [-0.39, 0.29) is 16.7 Å². The smallest absolute Gasteiger partial charge is 0.366 e. The van der Waals surface area contributed by atoms with Crippen molar-refractivity contribution in [2.75, 3.05) is 18.0 Å². The van der Waals surface area contributed by atoms with Gasteiger partial charge < -0.3 is 4.90 Å². The minimum absolute atomic E-state index is 0.0111. The van der Waals surface area contributed by atoms with E-state index in [2.05, 4.69) is 10.3 Å². The Labute approximate surface area is 156 Å². The highest BCUT2D eigenvalue weighted by Crippen LogP contribution is 2.41. The molecule has 1 saturated heterocycles. The third kappa shape index (κ3) is 3.14. The van der Waals surface area contributed by atoms with Crippen LogP contribution in [-0.4, -0.2) is 28.3 Å². The van der Waals surface area contributed by atoms with E-state index in [1.54, 1.807) is 6.07 Å². The molecule has 0 amide bonds. The highest BCUT2D eigenvalue weighted by Gasteiger charge is 2.32. The van der Waals surface area contributed by atoms with Crippen LogP contribution in [0.15, 0.2) is 35.0 Å². The van der Waals surface area contributed by atoms with Crippen LogP contribution in [0.25, 0.3) is 22.2 Å². The van der Waals surface area contributed by atoms with Gasteiger partial charge in [-0.05, 0) is 53.3 Å². The fourth-order valence-corrected chi connectivity index (χ4v) is 3.53. The summed E-state index contributed by atoms with van der Waals surface area (Å²) >= 11 is 0. The molecule has 4 rings (SSSR count). The Morgan fingerprint density at radius 1 is 1.04 bits per heavy atom. The molecule has 0 saturated carbocycles. The molecule has 28 heavy (non-hydrogen) atoms. The van der Waals surface area contributed by atoms with Gasteiger partial charge in [0, 0.05) is 18.7 Å². The first-order valence-corrected chi connectivity index (χ1v) is 8.72. The number of anilines is 1. The molecule has 7 nitrogen and oxygen atoms in total. The average Bonchev–Trinajstić information content (AvgIpc) is 3.16. The SMILES string of the molecule is O=[N+]([O-])c1c(N2CCCCC2)cc(-c2ccc(C(F)(F)F)cc2)c2nonc12. The number of alkyl halides is 3. The van der Waals surface area contributed by atoms with Crippen molar-refractivity contribution < 1.29 is 22.7 Å². The number of hydrogen-bond acceptors (Lipinski definition) is 6. The van der Waals surface area contributed by atoms with E-state index in [0.29, 0.717) is 29.9 Å². The number of nitro benzene ring substituents is 1. The Kier molecular flexibility index (Phi) is 4.40. The second kappa shape index (κ2) is 6.77. The van der Waals surface area contributed by atoms with Crippen LogP contribution in [0.4, 0.5) is 24.5 Å². The van der Waals surface area contributed by atoms with E-state index >= 15 is 0 Å². The van der Waals surface area contributed by atoms with Crippen molar-refractivity contribution in [2.45, 2.75) is 25.4 Å². The molecular weight excluding hydrogens is 377 g/mol. The lowest BCUT2D eigenvalue weighted by Gasteiger charge is -2.28. The predicted octanol–water partition coefficient (Wildman–Crippen LogP) is 4.81. The minimum atomic E-state index is -4.45. The molecule has 2 heterocycles. The zero-order valence-electron chi connectivity index (χ0n) is 14.6. The Balaban J connectivity index is 1.90. The number of halogens is 3. The van der Waals surface area contributed by atoms with Gasteiger partial charge in [-0.2, -0.15) is 13.2 Å². The average molecular weight is 392 g/mol. The lowest BCUT2D eigenvalue weighted by atomic mass is 9.99. The van der Waals surface area contributed by atoms with E-state index in [1.165, 1.54) is 12.1 Å². The zero-order valence-corrected chi connectivity index (χ0v) is 14.6. The number of nitro groups is 1. The van der Waals surface area contributed by atoms with Crippen molar-refractivity contribution in [1.29, 1.82) is 0 Å². The molecule has 0 N–H and O–H groups in total. The summed E-state index contributed by atoms with van der Waals surface area (Å²) in [4.78, 5) is 13.1. The van der Waals surface area contributed by atoms with Crippen LogP contribution in [0.1, 0.15) is 24.8 Å². The summed E-state index contributed by atoms with van der Waals surface area (Å²) in [7, 11) is 0. The van der Waals surface area contributed by atoms with E-state index in [0.717, 1.165) is 31.4 Å². The summed E-state index contributed by atoms with van der Waals surface area (Å²) in [6.07, 6.45) is -1.59. The quantitative estimate of drug-likeness (QED) is 0.470. The van der Waals surface area contributed by atoms with E-state index in [4.69, 9.17) is 4.63 Å². The zero-order chi connectivity index (χ0) is 19.9. The Hall–Kier alpha value is -3.17. The first-order valence-electron chi connectivity index (χ1n) is 8.72. The molecule has 3 aromatic rings. The van der Waals surface area contributed by atoms with Gasteiger partial charge in [0.15, 0.2) is 0 Å². The molecule has 0 aliphatic carbocycles. The van der Waals surface area contributed by atoms with Crippen LogP contribution in [0.3, 0.4) is 0 Å². The number of benzene rings is 2. The van der Waals surface area contributed by atoms with Crippen LogP contribution >= 0.6 is 0 Å². The molecule has 0 unspecified atom stereocenters. The van der Waals surface area contributed by atoms with Gasteiger partial charge in [0.2, 0.25) is 5.52 Å². The molecule has 0 radical (unpaired) electrons. The maximum absolute atomic E-state index is 12.9. The highest BCUT2D eigenvalue weighted by molar-refractivity contribution is 6.01. The van der Waals surface area contributed by atoms with Crippen molar-refractivity contribution in [3.05, 3.63) is 46.0 Å². The Morgan fingerprint density at radius 2 is 1.68 bits per heavy atom. The van der Waals surface area contributed by atoms with Gasteiger partial charge in [-0.3, -0.25) is 10.1 Å². The topological polar surface area (TPSA) is 85.3 Å². The number of rotatable bonds is 3. The fraction of sp³-hybridized carbons (Fsp3) is 0.333. The second-order valence-electron chi connectivity index (χ2n) is 6.63. The van der Waals surface area contributed by atoms with Gasteiger partial charge in [-0.1, -0.05) is 12.1 Å². The van der Waals surface area contributed by atoms with Gasteiger partial charge in [0.25, 0.3) is 0 Å². The summed E-state index contributed by atoms with van der Waals surface area (Å²) in [5, 5.41) is 19.2. The van der Waals surface area contributed by atoms with Crippen LogP contribution in [0.2, 0.25) is 0 Å². The molecule has 0 bridgehead atoms. The highest BCUT2D eigenvalue weighted by atomic mass is 19.4. The predicted molar refractivity (Wildman–Crippen MR) is 95.0 cm³/mol. The van der Waals surface area contributed by atoms with Crippen molar-refractivity contribution in [3.63, 3.8) is 0 Å². The molecule has 2 aromatic carbocycles. The van der Waals surface area contributed by atoms with Crippen molar-refractivity contribution in [2.24, 2.45) is 0 Å². The number of fused-ring (bicyclic) bond motifs is 1. The molecule has 1 aliphatic rings. The Bertz CT molecular complexity index is 1020. The molecule has 0 spiro atoms. The van der Waals surface area contributed by atoms with Crippen LogP contribution < -0.4 is 4.90 Å². The summed E-state index contributed by atoms with van der Waals surface area (Å²) in [5.41, 5.74) is 0.425. The van der Waals surface area contributed by atoms with Crippen molar-refractivity contribution in [3.8, 4) is 11.1 Å². The third-order valence-corrected chi connectivity index (χ3v) is 4.89. The first kappa shape index (κ1) is 18.2. The summed E-state index contributed by atoms with van der Waals surface area (Å²) < 4.78 is 43.3. The second-order valence-corrected chi connectivity index (χ2v) is 6.63. The van der Waals surface area contributed by atoms with Gasteiger partial charge >= 0.3 is 11.9 Å². The van der Waals surface area contributed by atoms with E-state index in [1.807, 2.05) is 4.90 Å². The lowest BCUT2D eigenvalue weighted by Crippen LogP contribution is -2.30. The number of piperidine rings is 1. The minimum Gasteiger partial charge on any atom is -0.366 e. The van der Waals surface area contributed by atoms with Crippen LogP contribution in [0, 0.1) is 10.1 Å². The summed E-state index contributed by atoms with van der Waals surface area (Å²) in [6.45, 7) is 1.31. The first-order chi connectivity index (χ1) is 13.4. The van der Waals surface area contributed by atoms with Crippen molar-refractivity contribution in [1.82, 2.24) is 10.3 Å². The van der Waals surface area contributed by atoms with E-state index in [9.17, 15) is 23.3 Å². The standard InChI is InChI=1S/C18H15F3N4O3/c19-18(20,21)12-6-4-11(5-7-12)13-10-14(24-8-2-1-3-9-24)17(25(26)27)16-15(13)22-28-23-16/h4-7,10H,1-3,8-9H2. The molecule has 146 valence electrons. The van der Waals surface area contributed by atoms with Gasteiger partial charge in [-0.15, -0.1) is 0 Å². The summed E-state index contributed by atoms with van der Waals surface area (Å²) in [5.74, 6) is 0. The molecule has 1 aliphatic heterocycles. The van der Waals surface area contributed by atoms with E-state index < -0.39 is 16.7 Å². The van der Waals surface area contributed by atoms with Crippen LogP contribution in [-0.2, 0) is 6.18 Å². The number of hydrogen-bond donors (Lipinski definition) is 0. The molecular formula is C18H15F3N4O3. The summed E-state index contributed by atoms with van der Waals surface area (Å²) in [6, 6.07) is 6.17. The monoisotopic (exact) mass is 392 g/mol. The third-order valence-electron chi connectivity index (χ3n) is 4.89. The molecule has 0 atom stereocenters. The van der Waals surface area contributed by atoms with Gasteiger partial charge in [0.05, 0.1) is 10.5 Å². The largest absolute Gasteiger partial charge is 0.416 e. The normalized spacial score (nSPS) is 15.2. The maximum atomic E-state index is 12.9. The van der Waals surface area contributed by atoms with Gasteiger partial charge in [0.1, 0.15) is 11.2 Å². The Morgan fingerprint density at radius 3 is 2.29 bits per heavy atom. The number of aromatic nitrogens is 2. The van der Waals surface area contributed by atoms with Crippen molar-refractivity contribution >= 4 is 22.4 Å². The van der Waals surface area contributed by atoms with Gasteiger partial charge in [-0.25, -0.2) is 4.63 Å².